The Kier molecular flexibility index (Phi) is 6.87. The molecule has 0 aliphatic heterocycles. The maximum atomic E-state index is 12.4. The molecule has 6 heteroatoms. The van der Waals surface area contributed by atoms with E-state index in [1.807, 2.05) is 49.4 Å². The molecule has 0 saturated carbocycles. The molecule has 4 nitrogen and oxygen atoms in total. The van der Waals surface area contributed by atoms with Crippen molar-refractivity contribution < 1.29 is 9.59 Å². The summed E-state index contributed by atoms with van der Waals surface area (Å²) in [6.45, 7) is 1.82. The van der Waals surface area contributed by atoms with Crippen molar-refractivity contribution in [1.29, 1.82) is 0 Å². The van der Waals surface area contributed by atoms with E-state index in [9.17, 15) is 9.59 Å². The third-order valence-corrected chi connectivity index (χ3v) is 5.23. The number of carbonyl (C=O) groups excluding carboxylic acids is 2. The number of primary amides is 1. The van der Waals surface area contributed by atoms with E-state index in [2.05, 4.69) is 21.2 Å². The Bertz CT molecular complexity index is 692. The average Bonchev–Trinajstić information content (AvgIpc) is 2.59. The fraction of sp³-hybridized carbons (Fsp3) is 0.222. The summed E-state index contributed by atoms with van der Waals surface area (Å²) < 4.78 is 1.02. The molecular weight excluding hydrogens is 388 g/mol. The van der Waals surface area contributed by atoms with Crippen LogP contribution >= 0.6 is 27.7 Å². The third kappa shape index (κ3) is 5.39. The molecule has 0 heterocycles. The molecule has 0 saturated heterocycles. The van der Waals surface area contributed by atoms with E-state index in [0.717, 1.165) is 10.0 Å². The molecule has 0 fully saturated rings. The van der Waals surface area contributed by atoms with Crippen molar-refractivity contribution in [3.8, 4) is 0 Å². The molecule has 2 aromatic rings. The number of nitrogens with two attached hydrogens (primary N) is 1. The summed E-state index contributed by atoms with van der Waals surface area (Å²) >= 11 is 4.91. The molecule has 0 unspecified atom stereocenters. The topological polar surface area (TPSA) is 72.2 Å². The summed E-state index contributed by atoms with van der Waals surface area (Å²) in [4.78, 5) is 24.0. The number of nitrogens with one attached hydrogen (secondary N) is 1. The predicted molar refractivity (Wildman–Crippen MR) is 101 cm³/mol. The summed E-state index contributed by atoms with van der Waals surface area (Å²) in [5.74, 6) is -0.0570. The van der Waals surface area contributed by atoms with Gasteiger partial charge in [0.1, 0.15) is 6.04 Å². The van der Waals surface area contributed by atoms with E-state index in [1.54, 1.807) is 12.1 Å². The lowest BCUT2D eigenvalue weighted by molar-refractivity contribution is -0.127. The fourth-order valence-corrected chi connectivity index (χ4v) is 3.22. The van der Waals surface area contributed by atoms with Crippen LogP contribution in [0.4, 0.5) is 0 Å². The van der Waals surface area contributed by atoms with Gasteiger partial charge in [-0.05, 0) is 30.2 Å². The summed E-state index contributed by atoms with van der Waals surface area (Å²) in [5.41, 5.74) is 7.25. The first-order chi connectivity index (χ1) is 11.5. The molecule has 2 atom stereocenters. The quantitative estimate of drug-likeness (QED) is 0.739. The second kappa shape index (κ2) is 8.89. The molecule has 2 amide bonds. The Labute approximate surface area is 154 Å². The van der Waals surface area contributed by atoms with Crippen LogP contribution in [0.2, 0.25) is 0 Å². The van der Waals surface area contributed by atoms with Gasteiger partial charge < -0.3 is 11.1 Å². The zero-order chi connectivity index (χ0) is 17.5. The first kappa shape index (κ1) is 18.5. The SMILES string of the molecule is C[C@H](SCc1ccc(Br)cc1)C(=O)N[C@H](C(N)=O)c1ccccc1. The van der Waals surface area contributed by atoms with Gasteiger partial charge in [-0.15, -0.1) is 11.8 Å². The highest BCUT2D eigenvalue weighted by Crippen LogP contribution is 2.21. The highest BCUT2D eigenvalue weighted by molar-refractivity contribution is 9.10. The van der Waals surface area contributed by atoms with Crippen LogP contribution in [0.15, 0.2) is 59.1 Å². The highest BCUT2D eigenvalue weighted by atomic mass is 79.9. The van der Waals surface area contributed by atoms with Crippen molar-refractivity contribution in [2.24, 2.45) is 5.73 Å². The number of benzene rings is 2. The van der Waals surface area contributed by atoms with Crippen LogP contribution in [0.25, 0.3) is 0 Å². The molecular formula is C18H19BrN2O2S. The van der Waals surface area contributed by atoms with Gasteiger partial charge >= 0.3 is 0 Å². The maximum Gasteiger partial charge on any atom is 0.244 e. The van der Waals surface area contributed by atoms with Crippen LogP contribution in [0, 0.1) is 0 Å². The Morgan fingerprint density at radius 3 is 2.33 bits per heavy atom. The molecule has 126 valence electrons. The van der Waals surface area contributed by atoms with E-state index in [0.29, 0.717) is 11.3 Å². The van der Waals surface area contributed by atoms with Crippen molar-refractivity contribution >= 4 is 39.5 Å². The number of hydrogen-bond donors (Lipinski definition) is 2. The summed E-state index contributed by atoms with van der Waals surface area (Å²) in [5, 5.41) is 2.44. The predicted octanol–water partition coefficient (Wildman–Crippen LogP) is 3.41. The number of amides is 2. The van der Waals surface area contributed by atoms with Crippen molar-refractivity contribution in [3.05, 3.63) is 70.2 Å². The summed E-state index contributed by atoms with van der Waals surface area (Å²) in [6.07, 6.45) is 0. The molecule has 0 bridgehead atoms. The second-order valence-electron chi connectivity index (χ2n) is 5.33. The first-order valence-electron chi connectivity index (χ1n) is 7.48. The standard InChI is InChI=1S/C18H19BrN2O2S/c1-12(24-11-13-7-9-15(19)10-8-13)18(23)21-16(17(20)22)14-5-3-2-4-6-14/h2-10,12,16H,11H2,1H3,(H2,20,22)(H,21,23)/t12-,16-/m0/s1. The van der Waals surface area contributed by atoms with E-state index in [4.69, 9.17) is 5.73 Å². The zero-order valence-electron chi connectivity index (χ0n) is 13.2. The van der Waals surface area contributed by atoms with Crippen LogP contribution in [0.5, 0.6) is 0 Å². The minimum absolute atomic E-state index is 0.204. The number of hydrogen-bond acceptors (Lipinski definition) is 3. The summed E-state index contributed by atoms with van der Waals surface area (Å²) in [7, 11) is 0. The molecule has 0 aliphatic rings. The summed E-state index contributed by atoms with van der Waals surface area (Å²) in [6, 6.07) is 16.2. The molecule has 2 rings (SSSR count). The first-order valence-corrected chi connectivity index (χ1v) is 9.32. The minimum Gasteiger partial charge on any atom is -0.368 e. The second-order valence-corrected chi connectivity index (χ2v) is 7.58. The van der Waals surface area contributed by atoms with Gasteiger partial charge in [-0.2, -0.15) is 0 Å². The molecule has 24 heavy (non-hydrogen) atoms. The van der Waals surface area contributed by atoms with E-state index in [-0.39, 0.29) is 11.2 Å². The van der Waals surface area contributed by atoms with Crippen molar-refractivity contribution in [1.82, 2.24) is 5.32 Å². The molecule has 0 radical (unpaired) electrons. The van der Waals surface area contributed by atoms with E-state index in [1.165, 1.54) is 11.8 Å². The number of halogens is 1. The van der Waals surface area contributed by atoms with Crippen LogP contribution in [0.1, 0.15) is 24.1 Å². The molecule has 3 N–H and O–H groups in total. The third-order valence-electron chi connectivity index (χ3n) is 3.49. The number of thioether (sulfide) groups is 1. The lowest BCUT2D eigenvalue weighted by Crippen LogP contribution is -2.40. The zero-order valence-corrected chi connectivity index (χ0v) is 15.6. The Morgan fingerprint density at radius 1 is 1.12 bits per heavy atom. The van der Waals surface area contributed by atoms with Crippen molar-refractivity contribution in [3.63, 3.8) is 0 Å². The normalized spacial score (nSPS) is 13.1. The lowest BCUT2D eigenvalue weighted by atomic mass is 10.1. The molecule has 0 aromatic heterocycles. The van der Waals surface area contributed by atoms with Gasteiger partial charge in [0.05, 0.1) is 5.25 Å². The van der Waals surface area contributed by atoms with Gasteiger partial charge in [0, 0.05) is 10.2 Å². The van der Waals surface area contributed by atoms with Crippen molar-refractivity contribution in [2.75, 3.05) is 0 Å². The Balaban J connectivity index is 1.94. The maximum absolute atomic E-state index is 12.4. The monoisotopic (exact) mass is 406 g/mol. The lowest BCUT2D eigenvalue weighted by Gasteiger charge is -2.18. The van der Waals surface area contributed by atoms with Crippen LogP contribution in [0.3, 0.4) is 0 Å². The van der Waals surface area contributed by atoms with E-state index < -0.39 is 11.9 Å². The smallest absolute Gasteiger partial charge is 0.244 e. The van der Waals surface area contributed by atoms with Gasteiger partial charge in [0.2, 0.25) is 11.8 Å². The van der Waals surface area contributed by atoms with Crippen LogP contribution in [-0.4, -0.2) is 17.1 Å². The van der Waals surface area contributed by atoms with Gasteiger partial charge in [-0.1, -0.05) is 58.4 Å². The van der Waals surface area contributed by atoms with E-state index >= 15 is 0 Å². The van der Waals surface area contributed by atoms with Gasteiger partial charge in [0.15, 0.2) is 0 Å². The van der Waals surface area contributed by atoms with Crippen LogP contribution < -0.4 is 11.1 Å². The van der Waals surface area contributed by atoms with Crippen LogP contribution in [-0.2, 0) is 15.3 Å². The number of carbonyl (C=O) groups is 2. The van der Waals surface area contributed by atoms with Gasteiger partial charge in [-0.3, -0.25) is 9.59 Å². The molecule has 0 aliphatic carbocycles. The average molecular weight is 407 g/mol. The minimum atomic E-state index is -0.811. The highest BCUT2D eigenvalue weighted by Gasteiger charge is 2.23. The fourth-order valence-electron chi connectivity index (χ4n) is 2.10. The Hall–Kier alpha value is -1.79. The largest absolute Gasteiger partial charge is 0.368 e. The van der Waals surface area contributed by atoms with Gasteiger partial charge in [-0.25, -0.2) is 0 Å². The van der Waals surface area contributed by atoms with Crippen molar-refractivity contribution in [2.45, 2.75) is 24.0 Å². The Morgan fingerprint density at radius 2 is 1.75 bits per heavy atom. The van der Waals surface area contributed by atoms with Gasteiger partial charge in [0.25, 0.3) is 0 Å². The molecule has 2 aromatic carbocycles. The number of rotatable bonds is 7. The molecule has 0 spiro atoms.